The fourth-order valence-electron chi connectivity index (χ4n) is 2.63. The van der Waals surface area contributed by atoms with E-state index in [1.54, 1.807) is 36.3 Å². The molecule has 0 aliphatic rings. The summed E-state index contributed by atoms with van der Waals surface area (Å²) in [5, 5.41) is 2.71. The van der Waals surface area contributed by atoms with Gasteiger partial charge >= 0.3 is 0 Å². The lowest BCUT2D eigenvalue weighted by Gasteiger charge is -2.21. The Morgan fingerprint density at radius 1 is 1.07 bits per heavy atom. The molecule has 2 amide bonds. The number of nitrogens with one attached hydrogen (secondary N) is 1. The van der Waals surface area contributed by atoms with E-state index in [9.17, 15) is 9.59 Å². The molecule has 2 rings (SSSR count). The first-order valence-corrected chi connectivity index (χ1v) is 8.94. The summed E-state index contributed by atoms with van der Waals surface area (Å²) in [4.78, 5) is 26.1. The van der Waals surface area contributed by atoms with Gasteiger partial charge in [0.1, 0.15) is 24.5 Å². The van der Waals surface area contributed by atoms with E-state index in [4.69, 9.17) is 9.47 Å². The molecule has 2 aromatic rings. The number of hydrogen-bond donors (Lipinski definition) is 1. The molecule has 6 heteroatoms. The van der Waals surface area contributed by atoms with Crippen molar-refractivity contribution in [2.24, 2.45) is 0 Å². The van der Waals surface area contributed by atoms with Gasteiger partial charge in [-0.1, -0.05) is 12.1 Å². The summed E-state index contributed by atoms with van der Waals surface area (Å²) in [5.41, 5.74) is 1.87. The van der Waals surface area contributed by atoms with Crippen LogP contribution in [0.25, 0.3) is 0 Å². The van der Waals surface area contributed by atoms with E-state index in [0.29, 0.717) is 25.4 Å². The monoisotopic (exact) mass is 370 g/mol. The molecule has 144 valence electrons. The smallest absolute Gasteiger partial charge is 0.236 e. The molecule has 6 nitrogen and oxygen atoms in total. The molecule has 0 bridgehead atoms. The number of carbonyl (C=O) groups is 2. The maximum absolute atomic E-state index is 12.4. The van der Waals surface area contributed by atoms with Gasteiger partial charge in [0.05, 0.1) is 13.7 Å². The number of ether oxygens (including phenoxy) is 2. The number of methoxy groups -OCH3 is 1. The van der Waals surface area contributed by atoms with Gasteiger partial charge < -0.3 is 19.7 Å². The highest BCUT2D eigenvalue weighted by molar-refractivity contribution is 6.04. The fourth-order valence-corrected chi connectivity index (χ4v) is 2.63. The van der Waals surface area contributed by atoms with Crippen LogP contribution in [0, 0.1) is 6.92 Å². The maximum Gasteiger partial charge on any atom is 0.236 e. The van der Waals surface area contributed by atoms with Crippen LogP contribution in [0.15, 0.2) is 48.5 Å². The van der Waals surface area contributed by atoms with Gasteiger partial charge in [-0.25, -0.2) is 0 Å². The molecule has 0 spiro atoms. The minimum Gasteiger partial charge on any atom is -0.497 e. The highest BCUT2D eigenvalue weighted by Crippen LogP contribution is 2.17. The third-order valence-corrected chi connectivity index (χ3v) is 3.99. The second-order valence-corrected chi connectivity index (χ2v) is 6.03. The molecule has 0 aliphatic heterocycles. The second kappa shape index (κ2) is 10.2. The van der Waals surface area contributed by atoms with E-state index < -0.39 is 0 Å². The van der Waals surface area contributed by atoms with Crippen LogP contribution >= 0.6 is 0 Å². The topological polar surface area (TPSA) is 67.9 Å². The summed E-state index contributed by atoms with van der Waals surface area (Å²) in [6, 6.07) is 14.9. The van der Waals surface area contributed by atoms with Crippen molar-refractivity contribution in [3.63, 3.8) is 0 Å². The number of amides is 2. The van der Waals surface area contributed by atoms with Crippen molar-refractivity contribution in [3.8, 4) is 11.5 Å². The lowest BCUT2D eigenvalue weighted by Crippen LogP contribution is -2.36. The Morgan fingerprint density at radius 2 is 1.78 bits per heavy atom. The predicted molar refractivity (Wildman–Crippen MR) is 105 cm³/mol. The summed E-state index contributed by atoms with van der Waals surface area (Å²) in [7, 11) is 1.60. The number of rotatable bonds is 9. The van der Waals surface area contributed by atoms with Crippen LogP contribution < -0.4 is 19.7 Å². The van der Waals surface area contributed by atoms with Crippen LogP contribution in [0.4, 0.5) is 5.69 Å². The van der Waals surface area contributed by atoms with E-state index in [1.165, 1.54) is 0 Å². The largest absolute Gasteiger partial charge is 0.497 e. The minimum atomic E-state index is -0.315. The Labute approximate surface area is 160 Å². The van der Waals surface area contributed by atoms with Crippen LogP contribution in [-0.4, -0.2) is 38.6 Å². The van der Waals surface area contributed by atoms with E-state index >= 15 is 0 Å². The molecule has 0 heterocycles. The number of benzene rings is 2. The number of hydrogen-bond acceptors (Lipinski definition) is 4. The molecule has 0 radical (unpaired) electrons. The van der Waals surface area contributed by atoms with Crippen molar-refractivity contribution in [2.75, 3.05) is 31.7 Å². The summed E-state index contributed by atoms with van der Waals surface area (Å²) in [6.07, 6.45) is -0.190. The summed E-state index contributed by atoms with van der Waals surface area (Å²) in [5.74, 6) is 0.905. The Kier molecular flexibility index (Phi) is 7.67. The predicted octanol–water partition coefficient (Wildman–Crippen LogP) is 2.94. The maximum atomic E-state index is 12.4. The first kappa shape index (κ1) is 20.3. The van der Waals surface area contributed by atoms with Gasteiger partial charge in [-0.05, 0) is 55.8 Å². The number of anilines is 1. The van der Waals surface area contributed by atoms with Crippen molar-refractivity contribution in [1.29, 1.82) is 0 Å². The molecule has 0 unspecified atom stereocenters. The molecule has 27 heavy (non-hydrogen) atoms. The third kappa shape index (κ3) is 6.33. The molecule has 0 aliphatic carbocycles. The van der Waals surface area contributed by atoms with Crippen molar-refractivity contribution >= 4 is 17.5 Å². The standard InChI is InChI=1S/C21H26N2O4/c1-4-23(17-7-5-6-16(2)14-17)21(25)15-20(24)22-12-13-27-19-10-8-18(26-3)9-11-19/h5-11,14H,4,12-13,15H2,1-3H3,(H,22,24). The second-order valence-electron chi connectivity index (χ2n) is 6.03. The minimum absolute atomic E-state index is 0.190. The lowest BCUT2D eigenvalue weighted by molar-refractivity contribution is -0.128. The van der Waals surface area contributed by atoms with Crippen LogP contribution in [0.3, 0.4) is 0 Å². The van der Waals surface area contributed by atoms with E-state index in [2.05, 4.69) is 5.32 Å². The van der Waals surface area contributed by atoms with Crippen molar-refractivity contribution in [1.82, 2.24) is 5.32 Å². The fraction of sp³-hybridized carbons (Fsp3) is 0.333. The highest BCUT2D eigenvalue weighted by Gasteiger charge is 2.17. The van der Waals surface area contributed by atoms with Crippen molar-refractivity contribution in [2.45, 2.75) is 20.3 Å². The number of nitrogens with zero attached hydrogens (tertiary/aromatic N) is 1. The first-order chi connectivity index (χ1) is 13.0. The van der Waals surface area contributed by atoms with Gasteiger partial charge in [-0.15, -0.1) is 0 Å². The van der Waals surface area contributed by atoms with E-state index in [-0.39, 0.29) is 18.2 Å². The van der Waals surface area contributed by atoms with Gasteiger partial charge in [0.15, 0.2) is 0 Å². The summed E-state index contributed by atoms with van der Waals surface area (Å²) < 4.78 is 10.6. The average Bonchev–Trinajstić information content (AvgIpc) is 2.66. The molecule has 0 fully saturated rings. The molecule has 0 saturated carbocycles. The third-order valence-electron chi connectivity index (χ3n) is 3.99. The van der Waals surface area contributed by atoms with Gasteiger partial charge in [0, 0.05) is 12.2 Å². The van der Waals surface area contributed by atoms with Crippen LogP contribution in [0.2, 0.25) is 0 Å². The lowest BCUT2D eigenvalue weighted by atomic mass is 10.2. The molecule has 2 aromatic carbocycles. The molecular weight excluding hydrogens is 344 g/mol. The number of aryl methyl sites for hydroxylation is 1. The zero-order chi connectivity index (χ0) is 19.6. The quantitative estimate of drug-likeness (QED) is 0.544. The molecule has 1 N–H and O–H groups in total. The first-order valence-electron chi connectivity index (χ1n) is 8.94. The summed E-state index contributed by atoms with van der Waals surface area (Å²) in [6.45, 7) is 5.02. The Balaban J connectivity index is 1.76. The highest BCUT2D eigenvalue weighted by atomic mass is 16.5. The number of carbonyl (C=O) groups excluding carboxylic acids is 2. The van der Waals surface area contributed by atoms with Crippen LogP contribution in [0.5, 0.6) is 11.5 Å². The zero-order valence-corrected chi connectivity index (χ0v) is 16.0. The SMILES string of the molecule is CCN(C(=O)CC(=O)NCCOc1ccc(OC)cc1)c1cccc(C)c1. The van der Waals surface area contributed by atoms with Gasteiger partial charge in [0.25, 0.3) is 0 Å². The summed E-state index contributed by atoms with van der Waals surface area (Å²) >= 11 is 0. The van der Waals surface area contributed by atoms with Crippen LogP contribution in [-0.2, 0) is 9.59 Å². The average molecular weight is 370 g/mol. The zero-order valence-electron chi connectivity index (χ0n) is 16.0. The van der Waals surface area contributed by atoms with Crippen molar-refractivity contribution < 1.29 is 19.1 Å². The Hall–Kier alpha value is -3.02. The van der Waals surface area contributed by atoms with Crippen molar-refractivity contribution in [3.05, 3.63) is 54.1 Å². The van der Waals surface area contributed by atoms with Crippen LogP contribution in [0.1, 0.15) is 18.9 Å². The van der Waals surface area contributed by atoms with E-state index in [1.807, 2.05) is 38.1 Å². The molecule has 0 atom stereocenters. The Morgan fingerprint density at radius 3 is 2.41 bits per heavy atom. The molecular formula is C21H26N2O4. The Bertz CT molecular complexity index is 759. The van der Waals surface area contributed by atoms with Gasteiger partial charge in [0.2, 0.25) is 11.8 Å². The van der Waals surface area contributed by atoms with E-state index in [0.717, 1.165) is 17.0 Å². The molecule has 0 saturated heterocycles. The van der Waals surface area contributed by atoms with Gasteiger partial charge in [-0.3, -0.25) is 9.59 Å². The normalized spacial score (nSPS) is 10.2. The molecule has 0 aromatic heterocycles. The van der Waals surface area contributed by atoms with Gasteiger partial charge in [-0.2, -0.15) is 0 Å².